The van der Waals surface area contributed by atoms with Gasteiger partial charge in [0.05, 0.1) is 0 Å². The second-order valence-corrected chi connectivity index (χ2v) is 5.86. The van der Waals surface area contributed by atoms with Crippen LogP contribution in [-0.4, -0.2) is 24.5 Å². The number of rotatable bonds is 6. The van der Waals surface area contributed by atoms with Gasteiger partial charge in [-0.15, -0.1) is 0 Å². The van der Waals surface area contributed by atoms with Crippen LogP contribution in [0.5, 0.6) is 0 Å². The summed E-state index contributed by atoms with van der Waals surface area (Å²) in [5.74, 6) is -0.0642. The van der Waals surface area contributed by atoms with E-state index in [1.165, 1.54) is 32.1 Å². The molecule has 1 atom stereocenters. The molecule has 0 aliphatic carbocycles. The summed E-state index contributed by atoms with van der Waals surface area (Å²) in [6, 6.07) is 6.14. The van der Waals surface area contributed by atoms with Gasteiger partial charge in [-0.25, -0.2) is 4.39 Å². The van der Waals surface area contributed by atoms with Crippen molar-refractivity contribution >= 4 is 0 Å². The highest BCUT2D eigenvalue weighted by molar-refractivity contribution is 5.25. The molecule has 1 N–H and O–H groups in total. The molecule has 1 saturated heterocycles. The summed E-state index contributed by atoms with van der Waals surface area (Å²) in [6.07, 6.45) is 6.29. The number of benzene rings is 1. The summed E-state index contributed by atoms with van der Waals surface area (Å²) >= 11 is 0. The van der Waals surface area contributed by atoms with E-state index in [9.17, 15) is 4.39 Å². The normalized spacial score (nSPS) is 20.2. The van der Waals surface area contributed by atoms with E-state index >= 15 is 0 Å². The van der Waals surface area contributed by atoms with Crippen molar-refractivity contribution < 1.29 is 4.39 Å². The third kappa shape index (κ3) is 4.03. The monoisotopic (exact) mass is 278 g/mol. The van der Waals surface area contributed by atoms with Crippen molar-refractivity contribution in [3.05, 3.63) is 35.1 Å². The Morgan fingerprint density at radius 3 is 2.95 bits per heavy atom. The van der Waals surface area contributed by atoms with E-state index in [-0.39, 0.29) is 5.82 Å². The van der Waals surface area contributed by atoms with Gasteiger partial charge in [0.2, 0.25) is 0 Å². The van der Waals surface area contributed by atoms with Gasteiger partial charge >= 0.3 is 0 Å². The summed E-state index contributed by atoms with van der Waals surface area (Å²) in [7, 11) is 1.92. The third-order valence-corrected chi connectivity index (χ3v) is 4.24. The minimum Gasteiger partial charge on any atom is -0.316 e. The van der Waals surface area contributed by atoms with E-state index in [1.54, 1.807) is 6.07 Å². The molecule has 2 rings (SSSR count). The largest absolute Gasteiger partial charge is 0.316 e. The number of likely N-dealkylation sites (tertiary alicyclic amines) is 1. The van der Waals surface area contributed by atoms with Gasteiger partial charge in [-0.2, -0.15) is 0 Å². The molecule has 1 aromatic rings. The molecule has 1 aliphatic heterocycles. The number of hydrogen-bond donors (Lipinski definition) is 1. The van der Waals surface area contributed by atoms with Crippen molar-refractivity contribution in [2.45, 2.75) is 58.2 Å². The minimum atomic E-state index is -0.0642. The van der Waals surface area contributed by atoms with E-state index in [2.05, 4.69) is 17.1 Å². The fourth-order valence-electron chi connectivity index (χ4n) is 3.21. The van der Waals surface area contributed by atoms with Crippen LogP contribution in [0.15, 0.2) is 18.2 Å². The summed E-state index contributed by atoms with van der Waals surface area (Å²) in [4.78, 5) is 2.48. The molecule has 0 amide bonds. The van der Waals surface area contributed by atoms with Crippen LogP contribution < -0.4 is 5.32 Å². The fourth-order valence-corrected chi connectivity index (χ4v) is 3.21. The Labute approximate surface area is 122 Å². The SMILES string of the molecule is CCCC1CCCCN1Cc1cc(CNC)ccc1F. The first-order valence-electron chi connectivity index (χ1n) is 7.90. The van der Waals surface area contributed by atoms with E-state index in [1.807, 2.05) is 19.2 Å². The fraction of sp³-hybridized carbons (Fsp3) is 0.647. The lowest BCUT2D eigenvalue weighted by molar-refractivity contribution is 0.130. The molecule has 2 nitrogen and oxygen atoms in total. The summed E-state index contributed by atoms with van der Waals surface area (Å²) in [5.41, 5.74) is 2.01. The van der Waals surface area contributed by atoms with Crippen molar-refractivity contribution in [2.24, 2.45) is 0 Å². The maximum atomic E-state index is 14.0. The number of halogens is 1. The van der Waals surface area contributed by atoms with Crippen molar-refractivity contribution in [3.63, 3.8) is 0 Å². The van der Waals surface area contributed by atoms with Crippen LogP contribution in [0.25, 0.3) is 0 Å². The van der Waals surface area contributed by atoms with E-state index < -0.39 is 0 Å². The second kappa shape index (κ2) is 7.75. The molecule has 3 heteroatoms. The summed E-state index contributed by atoms with van der Waals surface area (Å²) in [6.45, 7) is 4.90. The number of piperidine rings is 1. The number of nitrogens with zero attached hydrogens (tertiary/aromatic N) is 1. The standard InChI is InChI=1S/C17H27FN2/c1-3-6-16-7-4-5-10-20(16)13-15-11-14(12-19-2)8-9-17(15)18/h8-9,11,16,19H,3-7,10,12-13H2,1-2H3. The van der Waals surface area contributed by atoms with Gasteiger partial charge in [0.1, 0.15) is 5.82 Å². The van der Waals surface area contributed by atoms with Crippen molar-refractivity contribution in [1.29, 1.82) is 0 Å². The molecule has 0 spiro atoms. The first-order valence-corrected chi connectivity index (χ1v) is 7.90. The van der Waals surface area contributed by atoms with E-state index in [4.69, 9.17) is 0 Å². The van der Waals surface area contributed by atoms with Crippen molar-refractivity contribution in [1.82, 2.24) is 10.2 Å². The quantitative estimate of drug-likeness (QED) is 0.853. The average molecular weight is 278 g/mol. The molecule has 1 fully saturated rings. The lowest BCUT2D eigenvalue weighted by Gasteiger charge is -2.35. The topological polar surface area (TPSA) is 15.3 Å². The third-order valence-electron chi connectivity index (χ3n) is 4.24. The Hall–Kier alpha value is -0.930. The van der Waals surface area contributed by atoms with Crippen molar-refractivity contribution in [3.8, 4) is 0 Å². The molecular weight excluding hydrogens is 251 g/mol. The molecule has 0 saturated carbocycles. The van der Waals surface area contributed by atoms with Gasteiger partial charge in [-0.05, 0) is 44.5 Å². The van der Waals surface area contributed by atoms with Crippen LogP contribution in [0.4, 0.5) is 4.39 Å². The zero-order valence-corrected chi connectivity index (χ0v) is 12.8. The van der Waals surface area contributed by atoms with Crippen LogP contribution in [0.2, 0.25) is 0 Å². The van der Waals surface area contributed by atoms with Gasteiger partial charge in [0, 0.05) is 24.7 Å². The molecule has 1 heterocycles. The molecule has 1 aliphatic rings. The molecular formula is C17H27FN2. The molecule has 1 aromatic carbocycles. The zero-order valence-electron chi connectivity index (χ0n) is 12.8. The second-order valence-electron chi connectivity index (χ2n) is 5.86. The van der Waals surface area contributed by atoms with Crippen molar-refractivity contribution in [2.75, 3.05) is 13.6 Å². The van der Waals surface area contributed by atoms with Crippen LogP contribution in [-0.2, 0) is 13.1 Å². The lowest BCUT2D eigenvalue weighted by atomic mass is 9.97. The lowest BCUT2D eigenvalue weighted by Crippen LogP contribution is -2.39. The van der Waals surface area contributed by atoms with Crippen LogP contribution in [0.3, 0.4) is 0 Å². The van der Waals surface area contributed by atoms with Gasteiger partial charge < -0.3 is 5.32 Å². The predicted octanol–water partition coefficient (Wildman–Crippen LogP) is 3.70. The minimum absolute atomic E-state index is 0.0642. The maximum Gasteiger partial charge on any atom is 0.127 e. The Bertz CT molecular complexity index is 417. The summed E-state index contributed by atoms with van der Waals surface area (Å²) in [5, 5.41) is 3.13. The first-order chi connectivity index (χ1) is 9.74. The number of nitrogens with one attached hydrogen (secondary N) is 1. The molecule has 20 heavy (non-hydrogen) atoms. The van der Waals surface area contributed by atoms with Crippen LogP contribution in [0.1, 0.15) is 50.2 Å². The highest BCUT2D eigenvalue weighted by Crippen LogP contribution is 2.24. The Morgan fingerprint density at radius 2 is 2.20 bits per heavy atom. The van der Waals surface area contributed by atoms with E-state index in [0.717, 1.165) is 30.8 Å². The summed E-state index contributed by atoms with van der Waals surface area (Å²) < 4.78 is 14.0. The molecule has 0 bridgehead atoms. The first kappa shape index (κ1) is 15.5. The smallest absolute Gasteiger partial charge is 0.127 e. The Balaban J connectivity index is 2.08. The highest BCUT2D eigenvalue weighted by atomic mass is 19.1. The van der Waals surface area contributed by atoms with Crippen LogP contribution in [0, 0.1) is 5.82 Å². The Kier molecular flexibility index (Phi) is 5.99. The number of hydrogen-bond acceptors (Lipinski definition) is 2. The van der Waals surface area contributed by atoms with Gasteiger partial charge in [-0.1, -0.05) is 31.9 Å². The predicted molar refractivity (Wildman–Crippen MR) is 82.1 cm³/mol. The Morgan fingerprint density at radius 1 is 1.35 bits per heavy atom. The zero-order chi connectivity index (χ0) is 14.4. The van der Waals surface area contributed by atoms with Gasteiger partial charge in [0.15, 0.2) is 0 Å². The van der Waals surface area contributed by atoms with E-state index in [0.29, 0.717) is 6.04 Å². The van der Waals surface area contributed by atoms with Gasteiger partial charge in [0.25, 0.3) is 0 Å². The average Bonchev–Trinajstić information content (AvgIpc) is 2.45. The molecule has 0 aromatic heterocycles. The molecule has 112 valence electrons. The highest BCUT2D eigenvalue weighted by Gasteiger charge is 2.22. The maximum absolute atomic E-state index is 14.0. The molecule has 1 unspecified atom stereocenters. The van der Waals surface area contributed by atoms with Gasteiger partial charge in [-0.3, -0.25) is 4.90 Å². The van der Waals surface area contributed by atoms with Crippen LogP contribution >= 0.6 is 0 Å². The molecule has 0 radical (unpaired) electrons.